The zero-order valence-electron chi connectivity index (χ0n) is 16.1. The van der Waals surface area contributed by atoms with Crippen molar-refractivity contribution in [3.8, 4) is 0 Å². The van der Waals surface area contributed by atoms with Crippen molar-refractivity contribution in [3.05, 3.63) is 30.1 Å². The van der Waals surface area contributed by atoms with E-state index in [4.69, 9.17) is 4.74 Å². The van der Waals surface area contributed by atoms with Crippen LogP contribution in [0.15, 0.2) is 24.4 Å². The van der Waals surface area contributed by atoms with Crippen LogP contribution in [0.5, 0.6) is 0 Å². The van der Waals surface area contributed by atoms with Gasteiger partial charge in [0.05, 0.1) is 18.2 Å². The predicted octanol–water partition coefficient (Wildman–Crippen LogP) is 1.05. The molecule has 1 N–H and O–H groups in total. The van der Waals surface area contributed by atoms with Crippen LogP contribution >= 0.6 is 0 Å². The highest BCUT2D eigenvalue weighted by molar-refractivity contribution is 5.79. The summed E-state index contributed by atoms with van der Waals surface area (Å²) in [5.41, 5.74) is 0.881. The van der Waals surface area contributed by atoms with E-state index in [1.165, 1.54) is 0 Å². The van der Waals surface area contributed by atoms with Gasteiger partial charge in [-0.05, 0) is 44.4 Å². The largest absolute Gasteiger partial charge is 0.375 e. The summed E-state index contributed by atoms with van der Waals surface area (Å²) in [7, 11) is 1.55. The lowest BCUT2D eigenvalue weighted by Gasteiger charge is -2.42. The second-order valence-corrected chi connectivity index (χ2v) is 7.42. The van der Waals surface area contributed by atoms with E-state index >= 15 is 0 Å². The second kappa shape index (κ2) is 9.80. The number of aromatic nitrogens is 1. The Morgan fingerprint density at radius 2 is 2.04 bits per heavy atom. The lowest BCUT2D eigenvalue weighted by atomic mass is 9.93. The fourth-order valence-corrected chi connectivity index (χ4v) is 4.07. The van der Waals surface area contributed by atoms with Crippen molar-refractivity contribution in [3.63, 3.8) is 0 Å². The molecule has 1 atom stereocenters. The number of nitrogens with one attached hydrogen (secondary N) is 1. The Labute approximate surface area is 161 Å². The summed E-state index contributed by atoms with van der Waals surface area (Å²) in [6.45, 7) is 4.05. The average molecular weight is 374 g/mol. The van der Waals surface area contributed by atoms with E-state index in [-0.39, 0.29) is 24.3 Å². The van der Waals surface area contributed by atoms with E-state index in [1.807, 2.05) is 23.1 Å². The predicted molar refractivity (Wildman–Crippen MR) is 102 cm³/mol. The minimum atomic E-state index is 0.0376. The topological polar surface area (TPSA) is 74.8 Å². The van der Waals surface area contributed by atoms with Gasteiger partial charge < -0.3 is 15.0 Å². The lowest BCUT2D eigenvalue weighted by molar-refractivity contribution is -0.136. The number of carbonyl (C=O) groups is 2. The molecule has 148 valence electrons. The third kappa shape index (κ3) is 5.49. The van der Waals surface area contributed by atoms with Crippen LogP contribution in [0.25, 0.3) is 0 Å². The quantitative estimate of drug-likeness (QED) is 0.806. The molecular weight excluding hydrogens is 344 g/mol. The first kappa shape index (κ1) is 19.8. The molecule has 0 radical (unpaired) electrons. The maximum Gasteiger partial charge on any atom is 0.248 e. The van der Waals surface area contributed by atoms with Crippen molar-refractivity contribution >= 4 is 11.8 Å². The number of nitrogens with zero attached hydrogens (tertiary/aromatic N) is 3. The Kier molecular flexibility index (Phi) is 7.18. The smallest absolute Gasteiger partial charge is 0.248 e. The second-order valence-electron chi connectivity index (χ2n) is 7.42. The number of piperidine rings is 2. The molecule has 27 heavy (non-hydrogen) atoms. The van der Waals surface area contributed by atoms with Gasteiger partial charge in [-0.3, -0.25) is 19.5 Å². The maximum atomic E-state index is 12.6. The number of rotatable bonds is 6. The zero-order chi connectivity index (χ0) is 19.1. The number of hydrogen-bond acceptors (Lipinski definition) is 5. The van der Waals surface area contributed by atoms with Crippen LogP contribution in [0.2, 0.25) is 0 Å². The normalized spacial score (nSPS) is 21.8. The van der Waals surface area contributed by atoms with Crippen molar-refractivity contribution in [2.24, 2.45) is 5.92 Å². The van der Waals surface area contributed by atoms with Gasteiger partial charge in [0.25, 0.3) is 0 Å². The molecule has 0 unspecified atom stereocenters. The maximum absolute atomic E-state index is 12.6. The van der Waals surface area contributed by atoms with Gasteiger partial charge >= 0.3 is 0 Å². The highest BCUT2D eigenvalue weighted by Gasteiger charge is 2.32. The molecule has 0 saturated carbocycles. The molecule has 2 aliphatic rings. The van der Waals surface area contributed by atoms with Gasteiger partial charge in [0.15, 0.2) is 0 Å². The van der Waals surface area contributed by atoms with Gasteiger partial charge in [-0.15, -0.1) is 0 Å². The molecule has 3 rings (SSSR count). The highest BCUT2D eigenvalue weighted by atomic mass is 16.5. The van der Waals surface area contributed by atoms with Gasteiger partial charge in [-0.2, -0.15) is 0 Å². The van der Waals surface area contributed by atoms with E-state index in [9.17, 15) is 9.59 Å². The highest BCUT2D eigenvalue weighted by Crippen LogP contribution is 2.24. The Hall–Kier alpha value is -1.99. The number of hydrogen-bond donors (Lipinski definition) is 1. The first-order valence-electron chi connectivity index (χ1n) is 9.85. The van der Waals surface area contributed by atoms with E-state index in [1.54, 1.807) is 13.3 Å². The zero-order valence-corrected chi connectivity index (χ0v) is 16.1. The molecule has 2 saturated heterocycles. The van der Waals surface area contributed by atoms with Crippen LogP contribution in [0, 0.1) is 5.92 Å². The molecule has 0 spiro atoms. The molecule has 0 aromatic carbocycles. The Morgan fingerprint density at radius 3 is 2.74 bits per heavy atom. The summed E-state index contributed by atoms with van der Waals surface area (Å²) < 4.78 is 4.94. The molecule has 1 aromatic rings. The van der Waals surface area contributed by atoms with Crippen molar-refractivity contribution in [2.45, 2.75) is 38.3 Å². The molecule has 7 nitrogen and oxygen atoms in total. The van der Waals surface area contributed by atoms with Crippen LogP contribution in [0.4, 0.5) is 0 Å². The van der Waals surface area contributed by atoms with Gasteiger partial charge in [-0.1, -0.05) is 6.07 Å². The summed E-state index contributed by atoms with van der Waals surface area (Å²) in [6, 6.07) is 6.19. The summed E-state index contributed by atoms with van der Waals surface area (Å²) >= 11 is 0. The van der Waals surface area contributed by atoms with Crippen molar-refractivity contribution in [1.29, 1.82) is 0 Å². The van der Waals surface area contributed by atoms with Crippen molar-refractivity contribution in [2.75, 3.05) is 39.9 Å². The molecule has 2 amide bonds. The summed E-state index contributed by atoms with van der Waals surface area (Å²) in [5.74, 6) is 0.232. The number of likely N-dealkylation sites (tertiary alicyclic amines) is 2. The van der Waals surface area contributed by atoms with Crippen LogP contribution in [-0.4, -0.2) is 72.5 Å². The molecule has 7 heteroatoms. The summed E-state index contributed by atoms with van der Waals surface area (Å²) in [4.78, 5) is 33.1. The third-order valence-electron chi connectivity index (χ3n) is 5.59. The molecular formula is C20H30N4O3. The SMILES string of the molecule is COCC(=O)N1CCC(N2CCC[C@@H](C(=O)NCc3ccccn3)C2)CC1. The van der Waals surface area contributed by atoms with Gasteiger partial charge in [-0.25, -0.2) is 0 Å². The fourth-order valence-electron chi connectivity index (χ4n) is 4.07. The van der Waals surface area contributed by atoms with Gasteiger partial charge in [0.1, 0.15) is 6.61 Å². The van der Waals surface area contributed by atoms with Gasteiger partial charge in [0, 0.05) is 39.0 Å². The molecule has 0 aliphatic carbocycles. The van der Waals surface area contributed by atoms with E-state index in [0.29, 0.717) is 12.6 Å². The Bertz CT molecular complexity index is 617. The van der Waals surface area contributed by atoms with E-state index in [0.717, 1.165) is 57.6 Å². The first-order chi connectivity index (χ1) is 13.2. The number of methoxy groups -OCH3 is 1. The third-order valence-corrected chi connectivity index (χ3v) is 5.59. The Morgan fingerprint density at radius 1 is 1.22 bits per heavy atom. The molecule has 3 heterocycles. The minimum Gasteiger partial charge on any atom is -0.375 e. The number of amides is 2. The minimum absolute atomic E-state index is 0.0376. The van der Waals surface area contributed by atoms with Crippen LogP contribution < -0.4 is 5.32 Å². The van der Waals surface area contributed by atoms with E-state index < -0.39 is 0 Å². The van der Waals surface area contributed by atoms with Crippen LogP contribution in [0.3, 0.4) is 0 Å². The molecule has 2 fully saturated rings. The van der Waals surface area contributed by atoms with Crippen molar-refractivity contribution < 1.29 is 14.3 Å². The van der Waals surface area contributed by atoms with E-state index in [2.05, 4.69) is 15.2 Å². The van der Waals surface area contributed by atoms with Gasteiger partial charge in [0.2, 0.25) is 11.8 Å². The number of ether oxygens (including phenoxy) is 1. The lowest BCUT2D eigenvalue weighted by Crippen LogP contribution is -2.51. The monoisotopic (exact) mass is 374 g/mol. The fraction of sp³-hybridized carbons (Fsp3) is 0.650. The van der Waals surface area contributed by atoms with Crippen LogP contribution in [-0.2, 0) is 20.9 Å². The molecule has 0 bridgehead atoms. The standard InChI is InChI=1S/C20H30N4O3/c1-27-15-19(25)23-11-7-18(8-12-23)24-10-4-5-16(14-24)20(26)22-13-17-6-2-3-9-21-17/h2-3,6,9,16,18H,4-5,7-8,10-15H2,1H3,(H,22,26)/t16-/m1/s1. The summed E-state index contributed by atoms with van der Waals surface area (Å²) in [6.07, 6.45) is 5.67. The Balaban J connectivity index is 1.45. The number of pyridine rings is 1. The average Bonchev–Trinajstić information content (AvgIpc) is 2.73. The first-order valence-corrected chi connectivity index (χ1v) is 9.85. The molecule has 1 aromatic heterocycles. The van der Waals surface area contributed by atoms with Crippen LogP contribution in [0.1, 0.15) is 31.4 Å². The number of carbonyl (C=O) groups excluding carboxylic acids is 2. The summed E-state index contributed by atoms with van der Waals surface area (Å²) in [5, 5.41) is 3.03. The molecule has 2 aliphatic heterocycles. The van der Waals surface area contributed by atoms with Crippen molar-refractivity contribution in [1.82, 2.24) is 20.1 Å².